The number of aromatic nitrogens is 4. The van der Waals surface area contributed by atoms with Crippen molar-refractivity contribution < 1.29 is 79.8 Å². The van der Waals surface area contributed by atoms with Gasteiger partial charge in [0.05, 0.1) is 62.4 Å². The summed E-state index contributed by atoms with van der Waals surface area (Å²) in [6.45, 7) is 25.7. The molecule has 9 heterocycles. The Morgan fingerprint density at radius 2 is 0.867 bits per heavy atom. The standard InChI is InChI=1S/C27H29FN2O4.C27H31N3O4.C26H29FN2O3.C22H19FN2O3/c1-26(2,3)24-11-16-10-20(19(28)13-21(16)30(24)18-6-9-32-14-18)29-25(31)27(7-8-27)17-4-5-22-23(12-17)34-15-33-22;1-26(2,3)23-13-17-12-19(7-8-20(17)28-23)30(15-24(31)29(4)5)25(32)27(10-11-27)18-6-9-21-22(14-18)34-16-33-21;1-15(2)29-20-13-18(27)19(10-16(20)11-23(29)25(3,4)5)28-24(30)26(8-9-26)17-6-7-21-22(12-17)32-14-31-21;23-15-10-17-13(7-16(24-17)12-1-2-12)8-18(15)25-21(26)22(5-6-22)14-3-4-19-20(9-14)28-11-27-19/h4-5,10-13,18H,6-9,14-15H2,1-3H3,(H,29,31);6-9,12-14,28H,10-11,15-16H2,1-5H3;6-7,10-13,15H,8-9,14H2,1-5H3,(H,28,30);3-4,7-10,12,24H,1-2,5-6,11H2,(H,25,26). The van der Waals surface area contributed by atoms with Gasteiger partial charge >= 0.3 is 0 Å². The largest absolute Gasteiger partial charge is 0.454 e. The molecule has 6 fully saturated rings. The van der Waals surface area contributed by atoms with E-state index in [4.69, 9.17) is 42.6 Å². The quantitative estimate of drug-likeness (QED) is 0.0569. The monoisotopic (exact) mass is 1740 g/mol. The van der Waals surface area contributed by atoms with Gasteiger partial charge in [0.2, 0.25) is 56.7 Å². The Balaban J connectivity index is 0.000000111. The van der Waals surface area contributed by atoms with Gasteiger partial charge in [-0.1, -0.05) is 86.6 Å². The fourth-order valence-electron chi connectivity index (χ4n) is 18.5. The molecule has 10 aliphatic rings. The lowest BCUT2D eigenvalue weighted by Crippen LogP contribution is -2.45. The van der Waals surface area contributed by atoms with E-state index in [0.29, 0.717) is 78.0 Å². The molecule has 12 aromatic rings. The number of aromatic amines is 2. The molecular weight excluding hydrogens is 1630 g/mol. The van der Waals surface area contributed by atoms with Gasteiger partial charge < -0.3 is 87.5 Å². The summed E-state index contributed by atoms with van der Waals surface area (Å²) in [4.78, 5) is 76.4. The van der Waals surface area contributed by atoms with Gasteiger partial charge in [-0.3, -0.25) is 24.0 Å². The molecule has 1 saturated heterocycles. The zero-order valence-electron chi connectivity index (χ0n) is 74.5. The van der Waals surface area contributed by atoms with Crippen LogP contribution in [0.3, 0.4) is 0 Å². The number of carbonyl (C=O) groups is 5. The van der Waals surface area contributed by atoms with Crippen LogP contribution in [-0.2, 0) is 66.6 Å². The molecule has 23 nitrogen and oxygen atoms in total. The lowest BCUT2D eigenvalue weighted by Gasteiger charge is -2.28. The first kappa shape index (κ1) is 84.9. The van der Waals surface area contributed by atoms with E-state index in [1.165, 1.54) is 23.8 Å². The van der Waals surface area contributed by atoms with Gasteiger partial charge in [-0.05, 0) is 222 Å². The third-order valence-electron chi connectivity index (χ3n) is 26.8. The maximum absolute atomic E-state index is 15.3. The van der Waals surface area contributed by atoms with Crippen molar-refractivity contribution in [3.8, 4) is 46.0 Å². The molecule has 8 aromatic carbocycles. The molecule has 5 amide bonds. The Morgan fingerprint density at radius 3 is 1.29 bits per heavy atom. The maximum atomic E-state index is 15.3. The first-order chi connectivity index (χ1) is 61.1. The molecule has 0 spiro atoms. The second-order valence-corrected chi connectivity index (χ2v) is 39.5. The van der Waals surface area contributed by atoms with Crippen molar-refractivity contribution in [1.82, 2.24) is 24.0 Å². The van der Waals surface area contributed by atoms with Gasteiger partial charge in [0.15, 0.2) is 46.0 Å². The molecule has 5 aliphatic heterocycles. The third kappa shape index (κ3) is 15.9. The van der Waals surface area contributed by atoms with Crippen molar-refractivity contribution in [1.29, 1.82) is 0 Å². The topological polar surface area (TPSA) is 252 Å². The molecule has 4 aromatic heterocycles. The average molecular weight is 1740 g/mol. The van der Waals surface area contributed by atoms with Crippen LogP contribution in [0.4, 0.5) is 35.9 Å². The predicted molar refractivity (Wildman–Crippen MR) is 484 cm³/mol. The Bertz CT molecular complexity index is 6490. The Labute approximate surface area is 740 Å². The van der Waals surface area contributed by atoms with Gasteiger partial charge in [-0.2, -0.15) is 0 Å². The lowest BCUT2D eigenvalue weighted by molar-refractivity contribution is -0.129. The van der Waals surface area contributed by atoms with Crippen LogP contribution in [-0.4, -0.2) is 115 Å². The molecule has 666 valence electrons. The summed E-state index contributed by atoms with van der Waals surface area (Å²) in [7, 11) is 3.42. The Morgan fingerprint density at radius 1 is 0.445 bits per heavy atom. The number of fused-ring (bicyclic) bond motifs is 8. The molecule has 5 saturated carbocycles. The SMILES string of the molecule is CC(C)(C)c1cc2cc(NC(=O)C3(c4ccc5c(c4)OCO5)CC3)c(F)cc2n1C1CCOC1.CC(C)n1c(C(C)(C)C)cc2cc(NC(=O)C3(c4ccc5c(c4)OCO5)CC3)c(F)cc21.CN(C)C(=O)CN(C(=O)C1(c2ccc3c(c2)OCO3)CC1)c1ccc2[nH]c(C(C)(C)C)cc2c1.O=C(Nc1cc2cc(C3CC3)[nH]c2cc1F)C1(c2ccc3c(c2)OCO3)CC1. The van der Waals surface area contributed by atoms with Gasteiger partial charge in [0.25, 0.3) is 0 Å². The number of nitrogens with one attached hydrogen (secondary N) is 5. The van der Waals surface area contributed by atoms with Crippen molar-refractivity contribution in [3.05, 3.63) is 214 Å². The van der Waals surface area contributed by atoms with Gasteiger partial charge in [-0.15, -0.1) is 0 Å². The number of amides is 5. The highest BCUT2D eigenvalue weighted by molar-refractivity contribution is 6.08. The van der Waals surface area contributed by atoms with Gasteiger partial charge in [0, 0.05) is 122 Å². The molecule has 22 rings (SSSR count). The number of hydrogen-bond acceptors (Lipinski definition) is 14. The van der Waals surface area contributed by atoms with E-state index in [-0.39, 0.29) is 109 Å². The Hall–Kier alpha value is -12.6. The van der Waals surface area contributed by atoms with Crippen LogP contribution >= 0.6 is 0 Å². The van der Waals surface area contributed by atoms with Gasteiger partial charge in [-0.25, -0.2) is 13.2 Å². The zero-order chi connectivity index (χ0) is 89.6. The fourth-order valence-corrected chi connectivity index (χ4v) is 18.5. The van der Waals surface area contributed by atoms with Crippen molar-refractivity contribution in [3.63, 3.8) is 0 Å². The van der Waals surface area contributed by atoms with Crippen molar-refractivity contribution in [2.45, 2.75) is 203 Å². The normalized spacial score (nSPS) is 18.0. The number of hydrogen-bond donors (Lipinski definition) is 5. The second kappa shape index (κ2) is 31.7. The van der Waals surface area contributed by atoms with E-state index < -0.39 is 39.1 Å². The summed E-state index contributed by atoms with van der Waals surface area (Å²) in [5.41, 5.74) is 10.1. The molecule has 0 radical (unpaired) electrons. The van der Waals surface area contributed by atoms with Crippen LogP contribution in [0.15, 0.2) is 152 Å². The zero-order valence-corrected chi connectivity index (χ0v) is 74.5. The maximum Gasteiger partial charge on any atom is 0.242 e. The molecule has 5 aliphatic carbocycles. The molecule has 128 heavy (non-hydrogen) atoms. The summed E-state index contributed by atoms with van der Waals surface area (Å²) in [5, 5.41) is 12.4. The van der Waals surface area contributed by atoms with Crippen molar-refractivity contribution in [2.24, 2.45) is 0 Å². The van der Waals surface area contributed by atoms with Crippen LogP contribution in [0.1, 0.15) is 210 Å². The number of benzene rings is 8. The minimum Gasteiger partial charge on any atom is -0.454 e. The summed E-state index contributed by atoms with van der Waals surface area (Å²) in [6.07, 6.45) is 9.08. The highest BCUT2D eigenvalue weighted by Gasteiger charge is 2.56. The first-order valence-electron chi connectivity index (χ1n) is 44.4. The molecular formula is C102H108F3N9O14. The van der Waals surface area contributed by atoms with E-state index in [9.17, 15) is 28.4 Å². The second-order valence-electron chi connectivity index (χ2n) is 39.5. The van der Waals surface area contributed by atoms with E-state index in [2.05, 4.69) is 135 Å². The van der Waals surface area contributed by atoms with Crippen LogP contribution in [0, 0.1) is 17.5 Å². The van der Waals surface area contributed by atoms with E-state index in [0.717, 1.165) is 139 Å². The third-order valence-corrected chi connectivity index (χ3v) is 26.8. The van der Waals surface area contributed by atoms with Crippen LogP contribution in [0.25, 0.3) is 43.6 Å². The molecule has 0 bridgehead atoms. The number of H-pyrrole nitrogens is 2. The summed E-state index contributed by atoms with van der Waals surface area (Å²) in [6, 6.07) is 47.0. The minimum atomic E-state index is -0.661. The van der Waals surface area contributed by atoms with E-state index >= 15 is 8.78 Å². The highest BCUT2D eigenvalue weighted by atomic mass is 19.1. The van der Waals surface area contributed by atoms with Crippen LogP contribution in [0.5, 0.6) is 46.0 Å². The smallest absolute Gasteiger partial charge is 0.242 e. The van der Waals surface area contributed by atoms with Gasteiger partial charge in [0.1, 0.15) is 24.0 Å². The number of carbonyl (C=O) groups excluding carboxylic acids is 5. The number of halogens is 3. The summed E-state index contributed by atoms with van der Waals surface area (Å²) in [5.74, 6) is 3.92. The van der Waals surface area contributed by atoms with Crippen LogP contribution < -0.4 is 58.7 Å². The number of ether oxygens (including phenoxy) is 9. The Kier molecular flexibility index (Phi) is 21.0. The molecule has 5 N–H and O–H groups in total. The fraction of sp³-hybridized carbons (Fsp3) is 0.402. The van der Waals surface area contributed by atoms with Crippen molar-refractivity contribution >= 4 is 95.9 Å². The minimum absolute atomic E-state index is 0.0137. The predicted octanol–water partition coefficient (Wildman–Crippen LogP) is 20.4. The van der Waals surface area contributed by atoms with Crippen LogP contribution in [0.2, 0.25) is 0 Å². The number of nitrogens with zero attached hydrogens (tertiary/aromatic N) is 4. The van der Waals surface area contributed by atoms with Crippen molar-refractivity contribution in [2.75, 3.05) is 81.9 Å². The molecule has 1 unspecified atom stereocenters. The average Bonchev–Trinajstić information content (AvgIpc) is 1.56. The first-order valence-corrected chi connectivity index (χ1v) is 44.4. The molecule has 1 atom stereocenters. The molecule has 26 heteroatoms. The number of rotatable bonds is 17. The number of anilines is 4. The summed E-state index contributed by atoms with van der Waals surface area (Å²) < 4.78 is 98.7. The number of likely N-dealkylation sites (N-methyl/N-ethyl adjacent to an activating group) is 1. The highest BCUT2D eigenvalue weighted by Crippen LogP contribution is 2.57. The summed E-state index contributed by atoms with van der Waals surface area (Å²) >= 11 is 0. The van der Waals surface area contributed by atoms with E-state index in [1.807, 2.05) is 91.0 Å². The lowest BCUT2D eigenvalue weighted by atomic mass is 9.91. The van der Waals surface area contributed by atoms with E-state index in [1.54, 1.807) is 49.3 Å².